The lowest BCUT2D eigenvalue weighted by molar-refractivity contribution is 0.550. The van der Waals surface area contributed by atoms with Gasteiger partial charge in [-0.3, -0.25) is 4.98 Å². The van der Waals surface area contributed by atoms with E-state index in [0.717, 1.165) is 29.1 Å². The summed E-state index contributed by atoms with van der Waals surface area (Å²) < 4.78 is 0. The highest BCUT2D eigenvalue weighted by Gasteiger charge is 2.11. The molecule has 1 N–H and O–H groups in total. The number of hydrogen-bond acceptors (Lipinski definition) is 2. The Morgan fingerprint density at radius 2 is 2.00 bits per heavy atom. The van der Waals surface area contributed by atoms with Gasteiger partial charge in [0.05, 0.1) is 0 Å². The SMILES string of the molecule is CNC(Cc1ccccn1)Cc1cc(Cl)ccc1Cl. The van der Waals surface area contributed by atoms with Crippen molar-refractivity contribution in [2.24, 2.45) is 0 Å². The van der Waals surface area contributed by atoms with Crippen LogP contribution in [0.3, 0.4) is 0 Å². The van der Waals surface area contributed by atoms with E-state index in [2.05, 4.69) is 10.3 Å². The number of nitrogens with one attached hydrogen (secondary N) is 1. The normalized spacial score (nSPS) is 12.4. The topological polar surface area (TPSA) is 24.9 Å². The van der Waals surface area contributed by atoms with Crippen molar-refractivity contribution >= 4 is 23.2 Å². The smallest absolute Gasteiger partial charge is 0.0439 e. The van der Waals surface area contributed by atoms with Gasteiger partial charge in [0.2, 0.25) is 0 Å². The minimum absolute atomic E-state index is 0.283. The first-order chi connectivity index (χ1) is 9.19. The molecule has 1 aromatic heterocycles. The second kappa shape index (κ2) is 6.90. The van der Waals surface area contributed by atoms with Gasteiger partial charge < -0.3 is 5.32 Å². The van der Waals surface area contributed by atoms with Gasteiger partial charge in [-0.15, -0.1) is 0 Å². The van der Waals surface area contributed by atoms with E-state index in [1.807, 2.05) is 43.6 Å². The van der Waals surface area contributed by atoms with E-state index in [1.165, 1.54) is 0 Å². The lowest BCUT2D eigenvalue weighted by Gasteiger charge is -2.16. The molecule has 0 saturated carbocycles. The number of likely N-dealkylation sites (N-methyl/N-ethyl adjacent to an activating group) is 1. The number of halogens is 2. The summed E-state index contributed by atoms with van der Waals surface area (Å²) in [6.07, 6.45) is 3.50. The third-order valence-corrected chi connectivity index (χ3v) is 3.67. The fraction of sp³-hybridized carbons (Fsp3) is 0.267. The van der Waals surface area contributed by atoms with Crippen molar-refractivity contribution in [1.29, 1.82) is 0 Å². The van der Waals surface area contributed by atoms with Crippen LogP contribution in [0.1, 0.15) is 11.3 Å². The Bertz CT molecular complexity index is 529. The molecule has 0 aliphatic rings. The summed E-state index contributed by atoms with van der Waals surface area (Å²) in [7, 11) is 1.95. The van der Waals surface area contributed by atoms with Crippen molar-refractivity contribution in [2.45, 2.75) is 18.9 Å². The molecule has 1 heterocycles. The molecule has 2 aromatic rings. The van der Waals surface area contributed by atoms with Gasteiger partial charge in [0.25, 0.3) is 0 Å². The Hall–Kier alpha value is -1.09. The molecule has 19 heavy (non-hydrogen) atoms. The fourth-order valence-electron chi connectivity index (χ4n) is 2.01. The molecule has 0 radical (unpaired) electrons. The van der Waals surface area contributed by atoms with Gasteiger partial charge >= 0.3 is 0 Å². The molecule has 4 heteroatoms. The fourth-order valence-corrected chi connectivity index (χ4v) is 2.40. The Labute approximate surface area is 123 Å². The van der Waals surface area contributed by atoms with Crippen LogP contribution in [0.5, 0.6) is 0 Å². The Morgan fingerprint density at radius 3 is 2.68 bits per heavy atom. The number of rotatable bonds is 5. The number of benzene rings is 1. The maximum Gasteiger partial charge on any atom is 0.0439 e. The molecule has 0 spiro atoms. The summed E-state index contributed by atoms with van der Waals surface area (Å²) in [6, 6.07) is 11.8. The Kier molecular flexibility index (Phi) is 5.20. The van der Waals surface area contributed by atoms with E-state index >= 15 is 0 Å². The minimum atomic E-state index is 0.283. The average molecular weight is 295 g/mol. The van der Waals surface area contributed by atoms with Crippen LogP contribution < -0.4 is 5.32 Å². The molecule has 0 amide bonds. The summed E-state index contributed by atoms with van der Waals surface area (Å²) in [5.41, 5.74) is 2.13. The number of aromatic nitrogens is 1. The molecule has 1 atom stereocenters. The summed E-state index contributed by atoms with van der Waals surface area (Å²) in [5.74, 6) is 0. The monoisotopic (exact) mass is 294 g/mol. The predicted molar refractivity (Wildman–Crippen MR) is 81.0 cm³/mol. The van der Waals surface area contributed by atoms with Crippen molar-refractivity contribution in [3.8, 4) is 0 Å². The highest BCUT2D eigenvalue weighted by molar-refractivity contribution is 6.33. The molecular weight excluding hydrogens is 279 g/mol. The molecule has 0 bridgehead atoms. The number of hydrogen-bond donors (Lipinski definition) is 1. The number of pyridine rings is 1. The van der Waals surface area contributed by atoms with Crippen molar-refractivity contribution in [2.75, 3.05) is 7.05 Å². The molecular formula is C15H16Cl2N2. The van der Waals surface area contributed by atoms with Crippen molar-refractivity contribution in [1.82, 2.24) is 10.3 Å². The quantitative estimate of drug-likeness (QED) is 0.908. The number of nitrogens with zero attached hydrogens (tertiary/aromatic N) is 1. The van der Waals surface area contributed by atoms with Crippen molar-refractivity contribution in [3.05, 3.63) is 63.9 Å². The third-order valence-electron chi connectivity index (χ3n) is 3.06. The first-order valence-corrected chi connectivity index (χ1v) is 6.95. The van der Waals surface area contributed by atoms with E-state index in [9.17, 15) is 0 Å². The first-order valence-electron chi connectivity index (χ1n) is 6.20. The summed E-state index contributed by atoms with van der Waals surface area (Å²) in [5, 5.41) is 4.77. The van der Waals surface area contributed by atoms with E-state index in [1.54, 1.807) is 6.07 Å². The van der Waals surface area contributed by atoms with E-state index < -0.39 is 0 Å². The van der Waals surface area contributed by atoms with E-state index in [4.69, 9.17) is 23.2 Å². The molecule has 1 unspecified atom stereocenters. The minimum Gasteiger partial charge on any atom is -0.316 e. The molecule has 1 aromatic carbocycles. The van der Waals surface area contributed by atoms with Crippen LogP contribution in [-0.4, -0.2) is 18.1 Å². The molecule has 0 saturated heterocycles. The first kappa shape index (κ1) is 14.3. The molecule has 0 aliphatic heterocycles. The van der Waals surface area contributed by atoms with Crippen LogP contribution in [0, 0.1) is 0 Å². The zero-order valence-corrected chi connectivity index (χ0v) is 12.2. The largest absolute Gasteiger partial charge is 0.316 e. The standard InChI is InChI=1S/C15H16Cl2N2/c1-18-14(10-13-4-2-3-7-19-13)9-11-8-12(16)5-6-15(11)17/h2-8,14,18H,9-10H2,1H3. The average Bonchev–Trinajstić information content (AvgIpc) is 2.43. The Balaban J connectivity index is 2.09. The zero-order valence-electron chi connectivity index (χ0n) is 10.7. The van der Waals surface area contributed by atoms with Crippen LogP contribution in [0.15, 0.2) is 42.6 Å². The van der Waals surface area contributed by atoms with Gasteiger partial charge in [-0.1, -0.05) is 29.3 Å². The molecule has 0 fully saturated rings. The molecule has 0 aliphatic carbocycles. The van der Waals surface area contributed by atoms with Crippen LogP contribution in [0.2, 0.25) is 10.0 Å². The van der Waals surface area contributed by atoms with Crippen molar-refractivity contribution in [3.63, 3.8) is 0 Å². The second-order valence-electron chi connectivity index (χ2n) is 4.45. The van der Waals surface area contributed by atoms with E-state index in [0.29, 0.717) is 5.02 Å². The maximum absolute atomic E-state index is 6.20. The second-order valence-corrected chi connectivity index (χ2v) is 5.29. The maximum atomic E-state index is 6.20. The third kappa shape index (κ3) is 4.20. The van der Waals surface area contributed by atoms with Gasteiger partial charge in [0, 0.05) is 34.4 Å². The Morgan fingerprint density at radius 1 is 1.16 bits per heavy atom. The van der Waals surface area contributed by atoms with Gasteiger partial charge in [-0.05, 0) is 49.4 Å². The highest BCUT2D eigenvalue weighted by Crippen LogP contribution is 2.22. The predicted octanol–water partition coefficient (Wildman–Crippen LogP) is 3.76. The summed E-state index contributed by atoms with van der Waals surface area (Å²) in [4.78, 5) is 4.35. The van der Waals surface area contributed by atoms with Gasteiger partial charge in [0.15, 0.2) is 0 Å². The van der Waals surface area contributed by atoms with E-state index in [-0.39, 0.29) is 6.04 Å². The van der Waals surface area contributed by atoms with Crippen LogP contribution in [-0.2, 0) is 12.8 Å². The highest BCUT2D eigenvalue weighted by atomic mass is 35.5. The van der Waals surface area contributed by atoms with Gasteiger partial charge in [0.1, 0.15) is 0 Å². The van der Waals surface area contributed by atoms with Gasteiger partial charge in [-0.2, -0.15) is 0 Å². The molecule has 100 valence electrons. The van der Waals surface area contributed by atoms with Gasteiger partial charge in [-0.25, -0.2) is 0 Å². The zero-order chi connectivity index (χ0) is 13.7. The lowest BCUT2D eigenvalue weighted by Crippen LogP contribution is -2.30. The molecule has 2 rings (SSSR count). The molecule has 2 nitrogen and oxygen atoms in total. The summed E-state index contributed by atoms with van der Waals surface area (Å²) in [6.45, 7) is 0. The van der Waals surface area contributed by atoms with Crippen molar-refractivity contribution < 1.29 is 0 Å². The lowest BCUT2D eigenvalue weighted by atomic mass is 10.0. The van der Waals surface area contributed by atoms with Crippen LogP contribution >= 0.6 is 23.2 Å². The van der Waals surface area contributed by atoms with Crippen LogP contribution in [0.4, 0.5) is 0 Å². The van der Waals surface area contributed by atoms with Crippen LogP contribution in [0.25, 0.3) is 0 Å². The summed E-state index contributed by atoms with van der Waals surface area (Å²) >= 11 is 12.2.